The van der Waals surface area contributed by atoms with Crippen molar-refractivity contribution in [2.45, 2.75) is 39.7 Å². The molecule has 2 aromatic rings. The van der Waals surface area contributed by atoms with Crippen molar-refractivity contribution in [2.24, 2.45) is 0 Å². The Morgan fingerprint density at radius 2 is 1.76 bits per heavy atom. The third kappa shape index (κ3) is 5.49. The van der Waals surface area contributed by atoms with Crippen molar-refractivity contribution < 1.29 is 4.79 Å². The normalized spacial score (nSPS) is 19.3. The van der Waals surface area contributed by atoms with E-state index in [4.69, 9.17) is 0 Å². The molecule has 6 rings (SSSR count). The van der Waals surface area contributed by atoms with Crippen LogP contribution in [0, 0.1) is 25.2 Å². The minimum absolute atomic E-state index is 0.0823. The largest absolute Gasteiger partial charge is 0.368 e. The number of nitrogens with zero attached hydrogens (tertiary/aromatic N) is 5. The predicted molar refractivity (Wildman–Crippen MR) is 165 cm³/mol. The first-order chi connectivity index (χ1) is 19.9. The van der Waals surface area contributed by atoms with Gasteiger partial charge in [-0.05, 0) is 67.2 Å². The molecular weight excluding hydrogens is 508 g/mol. The molecule has 1 amide bonds. The summed E-state index contributed by atoms with van der Waals surface area (Å²) in [7, 11) is 0. The molecule has 0 spiro atoms. The molecule has 212 valence electrons. The summed E-state index contributed by atoms with van der Waals surface area (Å²) in [4.78, 5) is 21.7. The van der Waals surface area contributed by atoms with Crippen LogP contribution < -0.4 is 10.2 Å². The van der Waals surface area contributed by atoms with E-state index in [1.54, 1.807) is 0 Å². The second-order valence-corrected chi connectivity index (χ2v) is 11.7. The Labute approximate surface area is 244 Å². The van der Waals surface area contributed by atoms with E-state index in [9.17, 15) is 10.1 Å². The average molecular weight is 549 g/mol. The minimum atomic E-state index is 0.0823. The number of carbonyl (C=O) groups is 1. The van der Waals surface area contributed by atoms with E-state index < -0.39 is 0 Å². The fourth-order valence-corrected chi connectivity index (χ4v) is 6.71. The van der Waals surface area contributed by atoms with Crippen LogP contribution in [0.2, 0.25) is 0 Å². The summed E-state index contributed by atoms with van der Waals surface area (Å²) in [5.41, 5.74) is 11.6. The van der Waals surface area contributed by atoms with E-state index in [-0.39, 0.29) is 5.91 Å². The molecule has 0 unspecified atom stereocenters. The first-order valence-corrected chi connectivity index (χ1v) is 14.9. The van der Waals surface area contributed by atoms with Crippen LogP contribution in [-0.4, -0.2) is 73.0 Å². The summed E-state index contributed by atoms with van der Waals surface area (Å²) in [6.45, 7) is 17.4. The summed E-state index contributed by atoms with van der Waals surface area (Å²) < 4.78 is 0. The lowest BCUT2D eigenvalue weighted by molar-refractivity contribution is -0.115. The fraction of sp³-hybridized carbons (Fsp3) is 0.412. The molecule has 0 radical (unpaired) electrons. The molecule has 0 atom stereocenters. The van der Waals surface area contributed by atoms with E-state index in [0.29, 0.717) is 6.42 Å². The number of allylic oxidation sites excluding steroid dienone is 3. The molecule has 3 heterocycles. The predicted octanol–water partition coefficient (Wildman–Crippen LogP) is 4.84. The average Bonchev–Trinajstić information content (AvgIpc) is 3.39. The number of aryl methyl sites for hydroxylation is 2. The highest BCUT2D eigenvalue weighted by Gasteiger charge is 2.27. The van der Waals surface area contributed by atoms with Crippen molar-refractivity contribution in [1.29, 1.82) is 5.26 Å². The Kier molecular flexibility index (Phi) is 7.59. The van der Waals surface area contributed by atoms with Gasteiger partial charge in [-0.3, -0.25) is 9.69 Å². The number of rotatable bonds is 6. The smallest absolute Gasteiger partial charge is 0.228 e. The third-order valence-electron chi connectivity index (χ3n) is 9.13. The van der Waals surface area contributed by atoms with E-state index in [2.05, 4.69) is 87.8 Å². The highest BCUT2D eigenvalue weighted by molar-refractivity contribution is 6.03. The van der Waals surface area contributed by atoms with Crippen LogP contribution in [0.4, 0.5) is 11.4 Å². The van der Waals surface area contributed by atoms with Gasteiger partial charge in [-0.2, -0.15) is 5.26 Å². The zero-order valence-corrected chi connectivity index (χ0v) is 24.4. The Hall–Kier alpha value is -4.02. The minimum Gasteiger partial charge on any atom is -0.368 e. The van der Waals surface area contributed by atoms with E-state index in [0.717, 1.165) is 106 Å². The molecule has 2 saturated heterocycles. The van der Waals surface area contributed by atoms with E-state index in [1.807, 2.05) is 6.07 Å². The van der Waals surface area contributed by atoms with Crippen LogP contribution >= 0.6 is 0 Å². The summed E-state index contributed by atoms with van der Waals surface area (Å²) >= 11 is 0. The molecule has 1 aliphatic carbocycles. The van der Waals surface area contributed by atoms with Crippen LogP contribution in [0.5, 0.6) is 0 Å². The van der Waals surface area contributed by atoms with Gasteiger partial charge < -0.3 is 20.0 Å². The van der Waals surface area contributed by atoms with Gasteiger partial charge in [-0.15, -0.1) is 0 Å². The Bertz CT molecular complexity index is 1460. The number of benzene rings is 2. The first kappa shape index (κ1) is 27.2. The quantitative estimate of drug-likeness (QED) is 0.558. The number of nitrogens with one attached hydrogen (secondary N) is 1. The van der Waals surface area contributed by atoms with E-state index in [1.165, 1.54) is 22.3 Å². The van der Waals surface area contributed by atoms with Crippen molar-refractivity contribution in [3.63, 3.8) is 0 Å². The van der Waals surface area contributed by atoms with Gasteiger partial charge in [0, 0.05) is 70.2 Å². The number of hydrogen-bond acceptors (Lipinski definition) is 6. The standard InChI is InChI=1S/C34H40N6O/c1-24-19-25(2)30(20-29(24)23-37-11-13-39(14-12-37)31-9-5-4-7-28(31)22-35)26(3)38-15-17-40(18-16-38)32-10-6-8-27-21-33(41)36-34(27)32/h5-6,8-10,19-20H,3-4,7,11-18,21,23H2,1-2H3,(H,36,41). The van der Waals surface area contributed by atoms with Crippen LogP contribution in [0.3, 0.4) is 0 Å². The summed E-state index contributed by atoms with van der Waals surface area (Å²) in [6.07, 6.45) is 6.64. The van der Waals surface area contributed by atoms with Crippen molar-refractivity contribution in [2.75, 3.05) is 62.6 Å². The second-order valence-electron chi connectivity index (χ2n) is 11.7. The van der Waals surface area contributed by atoms with Crippen molar-refractivity contribution >= 4 is 23.0 Å². The monoisotopic (exact) mass is 548 g/mol. The number of hydrogen-bond donors (Lipinski definition) is 1. The molecule has 1 N–H and O–H groups in total. The van der Waals surface area contributed by atoms with Crippen molar-refractivity contribution in [3.05, 3.63) is 88.2 Å². The fourth-order valence-electron chi connectivity index (χ4n) is 6.71. The molecule has 0 saturated carbocycles. The van der Waals surface area contributed by atoms with Gasteiger partial charge in [0.2, 0.25) is 5.91 Å². The third-order valence-corrected chi connectivity index (χ3v) is 9.13. The second kappa shape index (κ2) is 11.5. The maximum absolute atomic E-state index is 12.0. The van der Waals surface area contributed by atoms with Crippen molar-refractivity contribution in [1.82, 2.24) is 14.7 Å². The highest BCUT2D eigenvalue weighted by Crippen LogP contribution is 2.35. The number of piperazine rings is 2. The highest BCUT2D eigenvalue weighted by atomic mass is 16.1. The van der Waals surface area contributed by atoms with Gasteiger partial charge in [-0.25, -0.2) is 0 Å². The number of fused-ring (bicyclic) bond motifs is 1. The lowest BCUT2D eigenvalue weighted by Gasteiger charge is -2.39. The molecule has 7 heteroatoms. The van der Waals surface area contributed by atoms with Crippen molar-refractivity contribution in [3.8, 4) is 6.07 Å². The van der Waals surface area contributed by atoms with E-state index >= 15 is 0 Å². The van der Waals surface area contributed by atoms with Crippen LogP contribution in [-0.2, 0) is 17.8 Å². The first-order valence-electron chi connectivity index (χ1n) is 14.9. The number of amides is 1. The molecule has 3 aliphatic heterocycles. The van der Waals surface area contributed by atoms with Crippen LogP contribution in [0.25, 0.3) is 5.70 Å². The lowest BCUT2D eigenvalue weighted by atomic mass is 9.96. The van der Waals surface area contributed by atoms with Crippen LogP contribution in [0.15, 0.2) is 60.3 Å². The van der Waals surface area contributed by atoms with Gasteiger partial charge in [-0.1, -0.05) is 30.9 Å². The Morgan fingerprint density at radius 1 is 1.00 bits per heavy atom. The molecule has 41 heavy (non-hydrogen) atoms. The molecule has 2 aromatic carbocycles. The van der Waals surface area contributed by atoms with Gasteiger partial charge in [0.15, 0.2) is 0 Å². The maximum Gasteiger partial charge on any atom is 0.228 e. The van der Waals surface area contributed by atoms with Crippen LogP contribution in [0.1, 0.15) is 40.7 Å². The van der Waals surface area contributed by atoms with Gasteiger partial charge in [0.25, 0.3) is 0 Å². The maximum atomic E-state index is 12.0. The molecule has 0 bridgehead atoms. The summed E-state index contributed by atoms with van der Waals surface area (Å²) in [5, 5.41) is 12.6. The summed E-state index contributed by atoms with van der Waals surface area (Å²) in [6, 6.07) is 13.3. The number of para-hydroxylation sites is 1. The lowest BCUT2D eigenvalue weighted by Crippen LogP contribution is -2.46. The molecule has 2 fully saturated rings. The molecule has 7 nitrogen and oxygen atoms in total. The number of carbonyl (C=O) groups excluding carboxylic acids is 1. The van der Waals surface area contributed by atoms with Gasteiger partial charge in [0.1, 0.15) is 0 Å². The number of nitriles is 1. The number of anilines is 2. The SMILES string of the molecule is C=C(c1cc(CN2CCN(C3=C(C#N)CCC=C3)CC2)c(C)cc1C)N1CCN(c2cccc3c2NC(=O)C3)CC1. The topological polar surface area (TPSA) is 65.8 Å². The van der Waals surface area contributed by atoms with Gasteiger partial charge >= 0.3 is 0 Å². The Morgan fingerprint density at radius 3 is 2.51 bits per heavy atom. The zero-order valence-electron chi connectivity index (χ0n) is 24.4. The molecule has 4 aliphatic rings. The van der Waals surface area contributed by atoms with Gasteiger partial charge in [0.05, 0.1) is 35.1 Å². The summed E-state index contributed by atoms with van der Waals surface area (Å²) in [5.74, 6) is 0.0823. The molecular formula is C34H40N6O. The molecule has 0 aromatic heterocycles. The zero-order chi connectivity index (χ0) is 28.5. The Balaban J connectivity index is 1.09.